The third kappa shape index (κ3) is 4.12. The molecule has 2 aromatic rings. The van der Waals surface area contributed by atoms with Crippen molar-refractivity contribution in [1.82, 2.24) is 24.6 Å². The number of likely N-dealkylation sites (tertiary alicyclic amines) is 1. The van der Waals surface area contributed by atoms with Gasteiger partial charge in [-0.25, -0.2) is 18.7 Å². The highest BCUT2D eigenvalue weighted by molar-refractivity contribution is 5.39. The van der Waals surface area contributed by atoms with Crippen LogP contribution in [0.3, 0.4) is 0 Å². The van der Waals surface area contributed by atoms with Gasteiger partial charge < -0.3 is 4.90 Å². The molecule has 0 N–H and O–H groups in total. The first-order chi connectivity index (χ1) is 11.9. The Morgan fingerprint density at radius 2 is 2.16 bits per heavy atom. The molecule has 1 fully saturated rings. The molecule has 2 aromatic heterocycles. The van der Waals surface area contributed by atoms with Crippen LogP contribution in [0.4, 0.5) is 14.6 Å². The van der Waals surface area contributed by atoms with Crippen LogP contribution in [-0.4, -0.2) is 50.8 Å². The molecule has 1 saturated heterocycles. The molecule has 0 aliphatic carbocycles. The molecule has 6 nitrogen and oxygen atoms in total. The fourth-order valence-corrected chi connectivity index (χ4v) is 3.41. The highest BCUT2D eigenvalue weighted by atomic mass is 19.3. The Hall–Kier alpha value is -2.09. The minimum absolute atomic E-state index is 0.107. The quantitative estimate of drug-likeness (QED) is 0.829. The fraction of sp³-hybridized carbons (Fsp3) is 0.588. The summed E-state index contributed by atoms with van der Waals surface area (Å²) in [6, 6.07) is 2.27. The number of alkyl halides is 2. The topological polar surface area (TPSA) is 50.1 Å². The second-order valence-corrected chi connectivity index (χ2v) is 6.67. The zero-order chi connectivity index (χ0) is 18.0. The number of rotatable bonds is 5. The molecular formula is C17H24F2N6. The van der Waals surface area contributed by atoms with Gasteiger partial charge in [-0.05, 0) is 26.3 Å². The van der Waals surface area contributed by atoms with Crippen molar-refractivity contribution in [3.05, 3.63) is 35.5 Å². The lowest BCUT2D eigenvalue weighted by molar-refractivity contribution is 0.140. The summed E-state index contributed by atoms with van der Waals surface area (Å²) in [4.78, 5) is 12.9. The van der Waals surface area contributed by atoms with Crippen molar-refractivity contribution >= 4 is 5.82 Å². The van der Waals surface area contributed by atoms with Gasteiger partial charge in [0.1, 0.15) is 17.8 Å². The molecular weight excluding hydrogens is 326 g/mol. The van der Waals surface area contributed by atoms with Gasteiger partial charge in [0.05, 0.1) is 0 Å². The van der Waals surface area contributed by atoms with Gasteiger partial charge in [0, 0.05) is 56.7 Å². The van der Waals surface area contributed by atoms with Crippen LogP contribution in [-0.2, 0) is 13.6 Å². The summed E-state index contributed by atoms with van der Waals surface area (Å²) in [7, 11) is 3.71. The SMILES string of the molecule is Cc1cc(N(C)C2CCCN(Cc3cn(C)nc3C(F)F)C2)ncn1. The van der Waals surface area contributed by atoms with Crippen molar-refractivity contribution in [2.75, 3.05) is 25.0 Å². The minimum Gasteiger partial charge on any atom is -0.355 e. The van der Waals surface area contributed by atoms with Gasteiger partial charge in [-0.15, -0.1) is 0 Å². The molecule has 0 saturated carbocycles. The van der Waals surface area contributed by atoms with Crippen LogP contribution in [0.1, 0.15) is 36.2 Å². The van der Waals surface area contributed by atoms with Gasteiger partial charge in [0.15, 0.2) is 0 Å². The fourth-order valence-electron chi connectivity index (χ4n) is 3.41. The van der Waals surface area contributed by atoms with Crippen LogP contribution < -0.4 is 4.90 Å². The number of piperidine rings is 1. The highest BCUT2D eigenvalue weighted by Gasteiger charge is 2.26. The molecule has 0 aromatic carbocycles. The van der Waals surface area contributed by atoms with Crippen LogP contribution in [0, 0.1) is 6.92 Å². The van der Waals surface area contributed by atoms with Crippen molar-refractivity contribution < 1.29 is 8.78 Å². The van der Waals surface area contributed by atoms with E-state index in [1.807, 2.05) is 20.0 Å². The maximum Gasteiger partial charge on any atom is 0.282 e. The molecule has 0 amide bonds. The Balaban J connectivity index is 1.69. The van der Waals surface area contributed by atoms with E-state index in [1.54, 1.807) is 19.6 Å². The Morgan fingerprint density at radius 3 is 2.88 bits per heavy atom. The average Bonchev–Trinajstić information content (AvgIpc) is 2.95. The highest BCUT2D eigenvalue weighted by Crippen LogP contribution is 2.25. The molecule has 8 heteroatoms. The number of halogens is 2. The molecule has 1 aliphatic rings. The third-order valence-corrected chi connectivity index (χ3v) is 4.72. The molecule has 0 radical (unpaired) electrons. The number of nitrogens with zero attached hydrogens (tertiary/aromatic N) is 6. The van der Waals surface area contributed by atoms with E-state index >= 15 is 0 Å². The smallest absolute Gasteiger partial charge is 0.282 e. The summed E-state index contributed by atoms with van der Waals surface area (Å²) in [5.41, 5.74) is 1.43. The van der Waals surface area contributed by atoms with E-state index in [0.717, 1.165) is 37.4 Å². The van der Waals surface area contributed by atoms with Crippen molar-refractivity contribution in [3.63, 3.8) is 0 Å². The molecule has 1 aliphatic heterocycles. The number of hydrogen-bond acceptors (Lipinski definition) is 5. The Kier molecular flexibility index (Phi) is 5.27. The standard InChI is InChI=1S/C17H24F2N6/c1-12-7-15(21-11-20-12)24(3)14-5-4-6-25(10-14)9-13-8-23(2)22-16(13)17(18)19/h7-8,11,14,17H,4-6,9-10H2,1-3H3. The number of aryl methyl sites for hydroxylation is 2. The largest absolute Gasteiger partial charge is 0.355 e. The Morgan fingerprint density at radius 1 is 1.36 bits per heavy atom. The van der Waals surface area contributed by atoms with E-state index in [1.165, 1.54) is 4.68 Å². The molecule has 136 valence electrons. The molecule has 0 spiro atoms. The van der Waals surface area contributed by atoms with Crippen LogP contribution in [0.2, 0.25) is 0 Å². The summed E-state index contributed by atoms with van der Waals surface area (Å²) >= 11 is 0. The zero-order valence-corrected chi connectivity index (χ0v) is 14.9. The van der Waals surface area contributed by atoms with Crippen molar-refractivity contribution in [1.29, 1.82) is 0 Å². The Bertz CT molecular complexity index is 717. The summed E-state index contributed by atoms with van der Waals surface area (Å²) in [6.07, 6.45) is 2.83. The maximum absolute atomic E-state index is 13.1. The summed E-state index contributed by atoms with van der Waals surface area (Å²) < 4.78 is 27.8. The lowest BCUT2D eigenvalue weighted by atomic mass is 10.0. The zero-order valence-electron chi connectivity index (χ0n) is 14.9. The van der Waals surface area contributed by atoms with Crippen LogP contribution in [0.5, 0.6) is 0 Å². The minimum atomic E-state index is -2.54. The summed E-state index contributed by atoms with van der Waals surface area (Å²) in [5.74, 6) is 0.897. The second kappa shape index (κ2) is 7.43. The molecule has 25 heavy (non-hydrogen) atoms. The van der Waals surface area contributed by atoms with E-state index in [9.17, 15) is 8.78 Å². The normalized spacial score (nSPS) is 18.7. The summed E-state index contributed by atoms with van der Waals surface area (Å²) in [5, 5.41) is 3.90. The van der Waals surface area contributed by atoms with E-state index in [-0.39, 0.29) is 5.69 Å². The number of aromatic nitrogens is 4. The van der Waals surface area contributed by atoms with Crippen molar-refractivity contribution in [3.8, 4) is 0 Å². The van der Waals surface area contributed by atoms with Gasteiger partial charge in [0.2, 0.25) is 0 Å². The molecule has 1 atom stereocenters. The van der Waals surface area contributed by atoms with Crippen LogP contribution in [0.25, 0.3) is 0 Å². The van der Waals surface area contributed by atoms with Crippen LogP contribution in [0.15, 0.2) is 18.6 Å². The average molecular weight is 350 g/mol. The predicted molar refractivity (Wildman–Crippen MR) is 91.6 cm³/mol. The molecule has 1 unspecified atom stereocenters. The van der Waals surface area contributed by atoms with Crippen molar-refractivity contribution in [2.24, 2.45) is 7.05 Å². The molecule has 0 bridgehead atoms. The summed E-state index contributed by atoms with van der Waals surface area (Å²) in [6.45, 7) is 4.17. The number of likely N-dealkylation sites (N-methyl/N-ethyl adjacent to an activating group) is 1. The van der Waals surface area contributed by atoms with Gasteiger partial charge in [0.25, 0.3) is 6.43 Å². The first-order valence-electron chi connectivity index (χ1n) is 8.48. The number of anilines is 1. The predicted octanol–water partition coefficient (Wildman–Crippen LogP) is 2.56. The number of hydrogen-bond donors (Lipinski definition) is 0. The maximum atomic E-state index is 13.1. The lowest BCUT2D eigenvalue weighted by Crippen LogP contribution is -2.46. The molecule has 3 rings (SSSR count). The van der Waals surface area contributed by atoms with E-state index in [0.29, 0.717) is 18.2 Å². The molecule has 3 heterocycles. The first kappa shape index (κ1) is 17.7. The van der Waals surface area contributed by atoms with Gasteiger partial charge >= 0.3 is 0 Å². The van der Waals surface area contributed by atoms with Crippen LogP contribution >= 0.6 is 0 Å². The third-order valence-electron chi connectivity index (χ3n) is 4.72. The monoisotopic (exact) mass is 350 g/mol. The van der Waals surface area contributed by atoms with E-state index < -0.39 is 6.43 Å². The lowest BCUT2D eigenvalue weighted by Gasteiger charge is -2.38. The van der Waals surface area contributed by atoms with Crippen molar-refractivity contribution in [2.45, 2.75) is 38.8 Å². The first-order valence-corrected chi connectivity index (χ1v) is 8.48. The Labute approximate surface area is 146 Å². The van der Waals surface area contributed by atoms with E-state index in [2.05, 4.69) is 24.9 Å². The second-order valence-electron chi connectivity index (χ2n) is 6.67. The van der Waals surface area contributed by atoms with Gasteiger partial charge in [-0.2, -0.15) is 5.10 Å². The van der Waals surface area contributed by atoms with Gasteiger partial charge in [-0.3, -0.25) is 9.58 Å². The van der Waals surface area contributed by atoms with Gasteiger partial charge in [-0.1, -0.05) is 0 Å². The van der Waals surface area contributed by atoms with E-state index in [4.69, 9.17) is 0 Å².